The lowest BCUT2D eigenvalue weighted by molar-refractivity contribution is -0.139. The number of fused-ring (bicyclic) bond motifs is 3. The van der Waals surface area contributed by atoms with E-state index in [1.165, 1.54) is 0 Å². The average Bonchev–Trinajstić information content (AvgIpc) is 3.08. The number of hydrogen-bond donors (Lipinski definition) is 3. The predicted octanol–water partition coefficient (Wildman–Crippen LogP) is 4.56. The van der Waals surface area contributed by atoms with E-state index in [0.717, 1.165) is 28.7 Å². The molecule has 1 unspecified atom stereocenters. The second kappa shape index (κ2) is 10.7. The molecule has 1 aliphatic carbocycles. The molecular weight excluding hydrogens is 432 g/mol. The number of nitrogens with one attached hydrogen (secondary N) is 2. The van der Waals surface area contributed by atoms with Gasteiger partial charge >= 0.3 is 12.1 Å². The first-order valence-electron chi connectivity index (χ1n) is 11.7. The SMILES string of the molecule is CC(C)CC(C)(C)CNC(=O)C(CC(=O)O)NC(=O)OCC1c2ccccc2-c2ccccc21. The van der Waals surface area contributed by atoms with Crippen LogP contribution in [0.4, 0.5) is 4.79 Å². The van der Waals surface area contributed by atoms with Gasteiger partial charge in [0.05, 0.1) is 6.42 Å². The lowest BCUT2D eigenvalue weighted by Gasteiger charge is -2.28. The van der Waals surface area contributed by atoms with Crippen LogP contribution in [0.2, 0.25) is 0 Å². The van der Waals surface area contributed by atoms with Crippen LogP contribution in [0.1, 0.15) is 57.6 Å². The summed E-state index contributed by atoms with van der Waals surface area (Å²) >= 11 is 0. The Kier molecular flexibility index (Phi) is 7.97. The molecule has 0 fully saturated rings. The Morgan fingerprint density at radius 2 is 1.56 bits per heavy atom. The van der Waals surface area contributed by atoms with Crippen molar-refractivity contribution < 1.29 is 24.2 Å². The quantitative estimate of drug-likeness (QED) is 0.476. The van der Waals surface area contributed by atoms with Crippen LogP contribution in [-0.4, -0.2) is 42.3 Å². The molecule has 0 saturated heterocycles. The van der Waals surface area contributed by atoms with E-state index in [2.05, 4.69) is 24.5 Å². The summed E-state index contributed by atoms with van der Waals surface area (Å²) in [6.45, 7) is 8.76. The van der Waals surface area contributed by atoms with Gasteiger partial charge in [-0.05, 0) is 40.0 Å². The molecule has 0 aliphatic heterocycles. The third kappa shape index (κ3) is 6.37. The third-order valence-electron chi connectivity index (χ3n) is 6.03. The molecule has 0 heterocycles. The molecule has 2 aromatic carbocycles. The summed E-state index contributed by atoms with van der Waals surface area (Å²) in [7, 11) is 0. The first-order chi connectivity index (χ1) is 16.1. The van der Waals surface area contributed by atoms with Gasteiger partial charge < -0.3 is 20.5 Å². The van der Waals surface area contributed by atoms with E-state index in [-0.39, 0.29) is 17.9 Å². The maximum absolute atomic E-state index is 12.7. The first kappa shape index (κ1) is 25.3. The van der Waals surface area contributed by atoms with Crippen molar-refractivity contribution in [3.63, 3.8) is 0 Å². The fourth-order valence-corrected chi connectivity index (χ4v) is 4.79. The normalized spacial score (nSPS) is 13.7. The molecule has 2 aromatic rings. The number of carbonyl (C=O) groups excluding carboxylic acids is 2. The van der Waals surface area contributed by atoms with Gasteiger partial charge in [-0.2, -0.15) is 0 Å². The van der Waals surface area contributed by atoms with Crippen molar-refractivity contribution in [1.29, 1.82) is 0 Å². The van der Waals surface area contributed by atoms with Crippen molar-refractivity contribution >= 4 is 18.0 Å². The lowest BCUT2D eigenvalue weighted by atomic mass is 9.84. The molecule has 7 nitrogen and oxygen atoms in total. The average molecular weight is 467 g/mol. The molecule has 1 atom stereocenters. The number of aliphatic carboxylic acids is 1. The minimum atomic E-state index is -1.22. The molecule has 0 aromatic heterocycles. The second-order valence-electron chi connectivity index (χ2n) is 10.1. The van der Waals surface area contributed by atoms with Crippen molar-refractivity contribution in [2.24, 2.45) is 11.3 Å². The van der Waals surface area contributed by atoms with Gasteiger partial charge in [0.1, 0.15) is 12.6 Å². The van der Waals surface area contributed by atoms with E-state index in [4.69, 9.17) is 4.74 Å². The smallest absolute Gasteiger partial charge is 0.407 e. The zero-order valence-corrected chi connectivity index (χ0v) is 20.3. The summed E-state index contributed by atoms with van der Waals surface area (Å²) in [5.41, 5.74) is 4.22. The summed E-state index contributed by atoms with van der Waals surface area (Å²) in [5.74, 6) is -1.38. The molecule has 7 heteroatoms. The Hall–Kier alpha value is -3.35. The third-order valence-corrected chi connectivity index (χ3v) is 6.03. The number of carbonyl (C=O) groups is 3. The highest BCUT2D eigenvalue weighted by atomic mass is 16.5. The summed E-state index contributed by atoms with van der Waals surface area (Å²) in [6, 6.07) is 14.7. The maximum Gasteiger partial charge on any atom is 0.407 e. The van der Waals surface area contributed by atoms with Crippen LogP contribution >= 0.6 is 0 Å². The van der Waals surface area contributed by atoms with Crippen molar-refractivity contribution in [3.8, 4) is 11.1 Å². The number of carboxylic acids is 1. The standard InChI is InChI=1S/C27H34N2O5/c1-17(2)14-27(3,4)16-28-25(32)23(13-24(30)31)29-26(33)34-15-22-20-11-7-5-9-18(20)19-10-6-8-12-21(19)22/h5-12,17,22-23H,13-16H2,1-4H3,(H,28,32)(H,29,33)(H,30,31). The number of ether oxygens (including phenoxy) is 1. The van der Waals surface area contributed by atoms with Crippen LogP contribution in [0.3, 0.4) is 0 Å². The Morgan fingerprint density at radius 1 is 1.00 bits per heavy atom. The van der Waals surface area contributed by atoms with E-state index in [0.29, 0.717) is 12.5 Å². The van der Waals surface area contributed by atoms with Crippen LogP contribution < -0.4 is 10.6 Å². The summed E-state index contributed by atoms with van der Waals surface area (Å²) in [4.78, 5) is 36.6. The summed E-state index contributed by atoms with van der Waals surface area (Å²) in [5, 5.41) is 14.5. The Balaban J connectivity index is 1.62. The van der Waals surface area contributed by atoms with E-state index < -0.39 is 30.4 Å². The summed E-state index contributed by atoms with van der Waals surface area (Å²) < 4.78 is 5.48. The fourth-order valence-electron chi connectivity index (χ4n) is 4.79. The monoisotopic (exact) mass is 466 g/mol. The molecule has 0 spiro atoms. The lowest BCUT2D eigenvalue weighted by Crippen LogP contribution is -2.50. The van der Waals surface area contributed by atoms with Gasteiger partial charge in [0.2, 0.25) is 5.91 Å². The van der Waals surface area contributed by atoms with Crippen LogP contribution in [0.5, 0.6) is 0 Å². The van der Waals surface area contributed by atoms with E-state index >= 15 is 0 Å². The molecule has 0 bridgehead atoms. The van der Waals surface area contributed by atoms with Gasteiger partial charge in [-0.15, -0.1) is 0 Å². The van der Waals surface area contributed by atoms with E-state index in [1.54, 1.807) is 0 Å². The highest BCUT2D eigenvalue weighted by Crippen LogP contribution is 2.44. The van der Waals surface area contributed by atoms with Crippen molar-refractivity contribution in [2.45, 2.75) is 52.5 Å². The van der Waals surface area contributed by atoms with Gasteiger partial charge in [-0.25, -0.2) is 4.79 Å². The van der Waals surface area contributed by atoms with Crippen LogP contribution in [0, 0.1) is 11.3 Å². The zero-order valence-electron chi connectivity index (χ0n) is 20.3. The minimum Gasteiger partial charge on any atom is -0.481 e. The zero-order chi connectivity index (χ0) is 24.9. The van der Waals surface area contributed by atoms with Gasteiger partial charge in [-0.3, -0.25) is 9.59 Å². The molecule has 2 amide bonds. The number of alkyl carbamates (subject to hydrolysis) is 1. The van der Waals surface area contributed by atoms with Crippen molar-refractivity contribution in [2.75, 3.05) is 13.2 Å². The molecule has 1 aliphatic rings. The van der Waals surface area contributed by atoms with Crippen LogP contribution in [0.25, 0.3) is 11.1 Å². The number of carboxylic acid groups (broad SMARTS) is 1. The predicted molar refractivity (Wildman–Crippen MR) is 130 cm³/mol. The molecule has 182 valence electrons. The number of hydrogen-bond acceptors (Lipinski definition) is 4. The van der Waals surface area contributed by atoms with Crippen LogP contribution in [-0.2, 0) is 14.3 Å². The van der Waals surface area contributed by atoms with Gasteiger partial charge in [-0.1, -0.05) is 76.2 Å². The fraction of sp³-hybridized carbons (Fsp3) is 0.444. The van der Waals surface area contributed by atoms with Gasteiger partial charge in [0.25, 0.3) is 0 Å². The molecule has 3 N–H and O–H groups in total. The first-order valence-corrected chi connectivity index (χ1v) is 11.7. The molecular formula is C27H34N2O5. The molecule has 3 rings (SSSR count). The molecule has 0 saturated carbocycles. The van der Waals surface area contributed by atoms with E-state index in [1.807, 2.05) is 62.4 Å². The van der Waals surface area contributed by atoms with E-state index in [9.17, 15) is 19.5 Å². The highest BCUT2D eigenvalue weighted by Gasteiger charge is 2.31. The Morgan fingerprint density at radius 3 is 2.09 bits per heavy atom. The number of rotatable bonds is 10. The largest absolute Gasteiger partial charge is 0.481 e. The van der Waals surface area contributed by atoms with Gasteiger partial charge in [0.15, 0.2) is 0 Å². The highest BCUT2D eigenvalue weighted by molar-refractivity contribution is 5.89. The van der Waals surface area contributed by atoms with Crippen molar-refractivity contribution in [3.05, 3.63) is 59.7 Å². The minimum absolute atomic E-state index is 0.0860. The van der Waals surface area contributed by atoms with Gasteiger partial charge in [0, 0.05) is 12.5 Å². The second-order valence-corrected chi connectivity index (χ2v) is 10.1. The van der Waals surface area contributed by atoms with Crippen molar-refractivity contribution in [1.82, 2.24) is 10.6 Å². The summed E-state index contributed by atoms with van der Waals surface area (Å²) in [6.07, 6.45) is -0.443. The van der Waals surface area contributed by atoms with Crippen LogP contribution in [0.15, 0.2) is 48.5 Å². The number of amides is 2. The topological polar surface area (TPSA) is 105 Å². The Bertz CT molecular complexity index is 1000. The Labute approximate surface area is 200 Å². The molecule has 34 heavy (non-hydrogen) atoms. The number of benzene rings is 2. The molecule has 0 radical (unpaired) electrons. The maximum atomic E-state index is 12.7.